The zero-order valence-corrected chi connectivity index (χ0v) is 15.9. The molecular weight excluding hydrogens is 368 g/mol. The van der Waals surface area contributed by atoms with Gasteiger partial charge in [-0.15, -0.1) is 0 Å². The number of nitrogens with zero attached hydrogens (tertiary/aromatic N) is 2. The lowest BCUT2D eigenvalue weighted by Crippen LogP contribution is -2.34. The molecule has 150 valence electrons. The molecule has 1 aromatic carbocycles. The number of benzene rings is 1. The molecule has 2 aromatic rings. The molecule has 3 N–H and O–H groups in total. The maximum atomic E-state index is 13.2. The predicted octanol–water partition coefficient (Wildman–Crippen LogP) is 2.94. The van der Waals surface area contributed by atoms with Gasteiger partial charge in [-0.1, -0.05) is 12.1 Å². The van der Waals surface area contributed by atoms with Crippen LogP contribution in [0.4, 0.5) is 14.5 Å². The molecule has 4 rings (SSSR count). The monoisotopic (exact) mass is 391 g/mol. The summed E-state index contributed by atoms with van der Waals surface area (Å²) in [6.07, 6.45) is -1.64. The van der Waals surface area contributed by atoms with Crippen LogP contribution in [0.25, 0.3) is 0 Å². The van der Waals surface area contributed by atoms with Gasteiger partial charge in [0.1, 0.15) is 5.69 Å². The fraction of sp³-hybridized carbons (Fsp3) is 0.500. The first-order valence-electron chi connectivity index (χ1n) is 9.26. The van der Waals surface area contributed by atoms with Gasteiger partial charge in [0.2, 0.25) is 0 Å². The quantitative estimate of drug-likeness (QED) is 0.748. The second kappa shape index (κ2) is 6.35. The molecule has 1 fully saturated rings. The summed E-state index contributed by atoms with van der Waals surface area (Å²) in [6.45, 7) is 3.45. The van der Waals surface area contributed by atoms with Crippen LogP contribution in [0, 0.1) is 5.92 Å². The third-order valence-electron chi connectivity index (χ3n) is 5.97. The number of rotatable bonds is 4. The second-order valence-corrected chi connectivity index (χ2v) is 8.28. The lowest BCUT2D eigenvalue weighted by atomic mass is 9.81. The SMILES string of the molecule is Cn1cc(C(=O)Nc2cccc3c2C2CC(O)C3[C@H]2C(C)(C)O)c(C(F)F)n1. The first-order valence-corrected chi connectivity index (χ1v) is 9.26. The molecule has 2 bridgehead atoms. The number of aliphatic hydroxyl groups excluding tert-OH is 1. The van der Waals surface area contributed by atoms with E-state index in [-0.39, 0.29) is 23.3 Å². The Kier molecular flexibility index (Phi) is 4.31. The summed E-state index contributed by atoms with van der Waals surface area (Å²) in [5.74, 6) is -1.16. The van der Waals surface area contributed by atoms with Crippen LogP contribution >= 0.6 is 0 Å². The highest BCUT2D eigenvalue weighted by Crippen LogP contribution is 2.62. The van der Waals surface area contributed by atoms with Gasteiger partial charge in [0, 0.05) is 30.8 Å². The average molecular weight is 391 g/mol. The Morgan fingerprint density at radius 2 is 2.11 bits per heavy atom. The standard InChI is InChI=1S/C20H23F2N3O3/c1-20(2,28)16-10-7-13(26)15(16)9-5-4-6-12(14(9)10)23-19(27)11-8-25(3)24-17(11)18(21)22/h4-6,8,10,13,15-16,18,26,28H,7H2,1-3H3,(H,23,27)/t10?,13?,15?,16-/m0/s1. The molecule has 2 aliphatic carbocycles. The van der Waals surface area contributed by atoms with Crippen LogP contribution in [0.1, 0.15) is 65.7 Å². The smallest absolute Gasteiger partial charge is 0.282 e. The van der Waals surface area contributed by atoms with E-state index in [0.29, 0.717) is 12.1 Å². The second-order valence-electron chi connectivity index (χ2n) is 8.28. The number of aryl methyl sites for hydroxylation is 1. The van der Waals surface area contributed by atoms with E-state index in [1.54, 1.807) is 26.0 Å². The van der Waals surface area contributed by atoms with Crippen molar-refractivity contribution in [3.05, 3.63) is 46.8 Å². The third-order valence-corrected chi connectivity index (χ3v) is 5.97. The molecule has 1 amide bonds. The molecule has 6 nitrogen and oxygen atoms in total. The van der Waals surface area contributed by atoms with Crippen LogP contribution in [-0.4, -0.2) is 37.6 Å². The minimum absolute atomic E-state index is 0.116. The average Bonchev–Trinajstić information content (AvgIpc) is 3.24. The number of amides is 1. The maximum Gasteiger partial charge on any atom is 0.282 e. The molecule has 3 unspecified atom stereocenters. The Bertz CT molecular complexity index is 935. The lowest BCUT2D eigenvalue weighted by Gasteiger charge is -2.30. The number of halogens is 2. The highest BCUT2D eigenvalue weighted by atomic mass is 19.3. The summed E-state index contributed by atoms with van der Waals surface area (Å²) in [5.41, 5.74) is 0.574. The fourth-order valence-corrected chi connectivity index (χ4v) is 5.10. The highest BCUT2D eigenvalue weighted by Gasteiger charge is 2.56. The molecule has 0 spiro atoms. The number of fused-ring (bicyclic) bond motifs is 5. The van der Waals surface area contributed by atoms with Gasteiger partial charge in [0.25, 0.3) is 12.3 Å². The number of alkyl halides is 2. The minimum atomic E-state index is -2.85. The van der Waals surface area contributed by atoms with Crippen LogP contribution < -0.4 is 5.32 Å². The van der Waals surface area contributed by atoms with Crippen molar-refractivity contribution in [2.24, 2.45) is 13.0 Å². The summed E-state index contributed by atoms with van der Waals surface area (Å²) in [5, 5.41) is 27.5. The van der Waals surface area contributed by atoms with E-state index in [4.69, 9.17) is 0 Å². The Balaban J connectivity index is 1.71. The van der Waals surface area contributed by atoms with Gasteiger partial charge in [-0.25, -0.2) is 8.78 Å². The van der Waals surface area contributed by atoms with Crippen LogP contribution in [0.5, 0.6) is 0 Å². The van der Waals surface area contributed by atoms with Gasteiger partial charge in [0.05, 0.1) is 17.3 Å². The van der Waals surface area contributed by atoms with E-state index < -0.39 is 29.7 Å². The van der Waals surface area contributed by atoms with Gasteiger partial charge < -0.3 is 15.5 Å². The van der Waals surface area contributed by atoms with Crippen molar-refractivity contribution >= 4 is 11.6 Å². The number of nitrogens with one attached hydrogen (secondary N) is 1. The van der Waals surface area contributed by atoms with E-state index in [1.165, 1.54) is 17.9 Å². The summed E-state index contributed by atoms with van der Waals surface area (Å²) >= 11 is 0. The Morgan fingerprint density at radius 1 is 1.39 bits per heavy atom. The number of aromatic nitrogens is 2. The Labute approximate surface area is 161 Å². The molecule has 28 heavy (non-hydrogen) atoms. The maximum absolute atomic E-state index is 13.2. The largest absolute Gasteiger partial charge is 0.392 e. The first kappa shape index (κ1) is 19.0. The van der Waals surface area contributed by atoms with Gasteiger partial charge in [0.15, 0.2) is 0 Å². The van der Waals surface area contributed by atoms with Crippen molar-refractivity contribution in [1.29, 1.82) is 0 Å². The lowest BCUT2D eigenvalue weighted by molar-refractivity contribution is 0.00318. The molecule has 0 saturated heterocycles. The van der Waals surface area contributed by atoms with Crippen molar-refractivity contribution in [3.63, 3.8) is 0 Å². The predicted molar refractivity (Wildman–Crippen MR) is 98.5 cm³/mol. The van der Waals surface area contributed by atoms with Crippen molar-refractivity contribution in [3.8, 4) is 0 Å². The van der Waals surface area contributed by atoms with Gasteiger partial charge >= 0.3 is 0 Å². The van der Waals surface area contributed by atoms with E-state index in [0.717, 1.165) is 11.1 Å². The zero-order valence-electron chi connectivity index (χ0n) is 15.9. The third kappa shape index (κ3) is 2.82. The number of carbonyl (C=O) groups excluding carboxylic acids is 1. The van der Waals surface area contributed by atoms with Crippen LogP contribution in [0.2, 0.25) is 0 Å². The Morgan fingerprint density at radius 3 is 2.75 bits per heavy atom. The van der Waals surface area contributed by atoms with Crippen LogP contribution in [0.15, 0.2) is 24.4 Å². The molecule has 4 atom stereocenters. The fourth-order valence-electron chi connectivity index (χ4n) is 5.10. The minimum Gasteiger partial charge on any atom is -0.392 e. The first-order chi connectivity index (χ1) is 13.1. The van der Waals surface area contributed by atoms with Crippen LogP contribution in [-0.2, 0) is 7.05 Å². The molecule has 1 saturated carbocycles. The Hall–Kier alpha value is -2.32. The summed E-state index contributed by atoms with van der Waals surface area (Å²) in [7, 11) is 1.48. The molecule has 8 heteroatoms. The number of carbonyl (C=O) groups is 1. The van der Waals surface area contributed by atoms with Crippen molar-refractivity contribution in [1.82, 2.24) is 9.78 Å². The van der Waals surface area contributed by atoms with Crippen molar-refractivity contribution in [2.45, 2.75) is 50.2 Å². The van der Waals surface area contributed by atoms with Crippen molar-refractivity contribution in [2.75, 3.05) is 5.32 Å². The normalized spacial score (nSPS) is 26.0. The number of hydrogen-bond acceptors (Lipinski definition) is 4. The van der Waals surface area contributed by atoms with Crippen molar-refractivity contribution < 1.29 is 23.8 Å². The highest BCUT2D eigenvalue weighted by molar-refractivity contribution is 6.05. The number of hydrogen-bond donors (Lipinski definition) is 3. The molecule has 2 aliphatic rings. The van der Waals surface area contributed by atoms with Crippen LogP contribution in [0.3, 0.4) is 0 Å². The molecule has 1 aromatic heterocycles. The van der Waals surface area contributed by atoms with Gasteiger partial charge in [-0.3, -0.25) is 9.48 Å². The zero-order chi connectivity index (χ0) is 20.4. The molecule has 0 aliphatic heterocycles. The van der Waals surface area contributed by atoms with E-state index >= 15 is 0 Å². The van der Waals surface area contributed by atoms with E-state index in [9.17, 15) is 23.8 Å². The topological polar surface area (TPSA) is 87.4 Å². The summed E-state index contributed by atoms with van der Waals surface area (Å²) < 4.78 is 27.6. The number of anilines is 1. The van der Waals surface area contributed by atoms with E-state index in [1.807, 2.05) is 6.07 Å². The molecule has 0 radical (unpaired) electrons. The summed E-state index contributed by atoms with van der Waals surface area (Å²) in [6, 6.07) is 5.38. The number of aliphatic hydroxyl groups is 2. The van der Waals surface area contributed by atoms with Gasteiger partial charge in [-0.2, -0.15) is 5.10 Å². The van der Waals surface area contributed by atoms with Gasteiger partial charge in [-0.05, 0) is 43.4 Å². The molecule has 1 heterocycles. The van der Waals surface area contributed by atoms with E-state index in [2.05, 4.69) is 10.4 Å². The summed E-state index contributed by atoms with van der Waals surface area (Å²) in [4.78, 5) is 12.7. The molecular formula is C20H23F2N3O3.